The Morgan fingerprint density at radius 3 is 2.55 bits per heavy atom. The van der Waals surface area contributed by atoms with Crippen molar-refractivity contribution >= 4 is 33.5 Å². The van der Waals surface area contributed by atoms with Crippen molar-refractivity contribution in [3.8, 4) is 0 Å². The van der Waals surface area contributed by atoms with Crippen LogP contribution < -0.4 is 11.1 Å². The van der Waals surface area contributed by atoms with Crippen molar-refractivity contribution in [1.29, 1.82) is 0 Å². The minimum atomic E-state index is -0.000729. The minimum absolute atomic E-state index is 0.000729. The lowest BCUT2D eigenvalue weighted by atomic mass is 10.2. The van der Waals surface area contributed by atoms with Gasteiger partial charge in [0.15, 0.2) is 0 Å². The zero-order chi connectivity index (χ0) is 15.7. The highest BCUT2D eigenvalue weighted by Crippen LogP contribution is 2.27. The van der Waals surface area contributed by atoms with Gasteiger partial charge in [0.1, 0.15) is 10.8 Å². The summed E-state index contributed by atoms with van der Waals surface area (Å²) < 4.78 is 1.17. The van der Waals surface area contributed by atoms with E-state index in [0.29, 0.717) is 11.8 Å². The lowest BCUT2D eigenvalue weighted by Gasteiger charge is -2.12. The minimum Gasteiger partial charge on any atom is -0.368 e. The van der Waals surface area contributed by atoms with Crippen molar-refractivity contribution in [3.05, 3.63) is 35.1 Å². The van der Waals surface area contributed by atoms with Crippen LogP contribution in [-0.4, -0.2) is 19.9 Å². The summed E-state index contributed by atoms with van der Waals surface area (Å²) in [6.07, 6.45) is 0. The number of nitrogens with one attached hydrogen (secondary N) is 1. The van der Waals surface area contributed by atoms with Crippen molar-refractivity contribution in [3.63, 3.8) is 0 Å². The number of benzene rings is 1. The summed E-state index contributed by atoms with van der Waals surface area (Å²) in [5.41, 5.74) is 6.77. The first kappa shape index (κ1) is 14.6. The average molecular weight is 314 g/mol. The second-order valence-corrected chi connectivity index (χ2v) is 6.48. The van der Waals surface area contributed by atoms with Gasteiger partial charge in [0.25, 0.3) is 0 Å². The standard InChI is InChI=1S/C15H18N6S/c1-8(2)12-19-14(16)21-15(20-12)17-9(3)13-18-10-6-4-5-7-11(10)22-13/h4-9H,1-3H3,(H3,16,17,19,20,21). The first-order chi connectivity index (χ1) is 10.5. The lowest BCUT2D eigenvalue weighted by molar-refractivity contribution is 0.755. The molecule has 0 bridgehead atoms. The van der Waals surface area contributed by atoms with E-state index in [9.17, 15) is 0 Å². The number of nitrogens with zero attached hydrogens (tertiary/aromatic N) is 4. The van der Waals surface area contributed by atoms with Crippen LogP contribution in [0.25, 0.3) is 10.2 Å². The second-order valence-electron chi connectivity index (χ2n) is 5.42. The fraction of sp³-hybridized carbons (Fsp3) is 0.333. The maximum absolute atomic E-state index is 5.76. The van der Waals surface area contributed by atoms with E-state index in [0.717, 1.165) is 10.5 Å². The average Bonchev–Trinajstić information content (AvgIpc) is 2.90. The monoisotopic (exact) mass is 314 g/mol. The van der Waals surface area contributed by atoms with Gasteiger partial charge >= 0.3 is 0 Å². The molecule has 7 heteroatoms. The molecule has 3 aromatic rings. The van der Waals surface area contributed by atoms with Gasteiger partial charge in [0, 0.05) is 5.92 Å². The molecule has 6 nitrogen and oxygen atoms in total. The normalized spacial score (nSPS) is 12.7. The van der Waals surface area contributed by atoms with Crippen molar-refractivity contribution in [1.82, 2.24) is 19.9 Å². The summed E-state index contributed by atoms with van der Waals surface area (Å²) in [6, 6.07) is 8.09. The molecule has 0 fully saturated rings. The predicted molar refractivity (Wildman–Crippen MR) is 90.0 cm³/mol. The SMILES string of the molecule is CC(C)c1nc(N)nc(NC(C)c2nc3ccccc3s2)n1. The topological polar surface area (TPSA) is 89.6 Å². The van der Waals surface area contributed by atoms with Gasteiger partial charge in [-0.05, 0) is 19.1 Å². The molecule has 0 radical (unpaired) electrons. The number of para-hydroxylation sites is 1. The molecule has 0 aliphatic heterocycles. The predicted octanol–water partition coefficient (Wildman–Crippen LogP) is 3.36. The third-order valence-electron chi connectivity index (χ3n) is 3.21. The van der Waals surface area contributed by atoms with Crippen LogP contribution >= 0.6 is 11.3 Å². The molecule has 3 N–H and O–H groups in total. The van der Waals surface area contributed by atoms with E-state index >= 15 is 0 Å². The quantitative estimate of drug-likeness (QED) is 0.767. The number of hydrogen-bond donors (Lipinski definition) is 2. The van der Waals surface area contributed by atoms with E-state index in [1.165, 1.54) is 4.70 Å². The summed E-state index contributed by atoms with van der Waals surface area (Å²) in [6.45, 7) is 6.08. The molecule has 1 atom stereocenters. The van der Waals surface area contributed by atoms with Crippen LogP contribution in [0.4, 0.5) is 11.9 Å². The van der Waals surface area contributed by atoms with Crippen LogP contribution in [0.5, 0.6) is 0 Å². The Balaban J connectivity index is 1.85. The van der Waals surface area contributed by atoms with Gasteiger partial charge in [0.2, 0.25) is 11.9 Å². The molecule has 22 heavy (non-hydrogen) atoms. The van der Waals surface area contributed by atoms with E-state index in [1.54, 1.807) is 11.3 Å². The molecule has 0 aliphatic carbocycles. The number of fused-ring (bicyclic) bond motifs is 1. The molecule has 2 aromatic heterocycles. The van der Waals surface area contributed by atoms with E-state index in [-0.39, 0.29) is 17.9 Å². The van der Waals surface area contributed by atoms with Gasteiger partial charge in [-0.3, -0.25) is 0 Å². The number of anilines is 2. The van der Waals surface area contributed by atoms with E-state index < -0.39 is 0 Å². The molecule has 114 valence electrons. The van der Waals surface area contributed by atoms with Gasteiger partial charge < -0.3 is 11.1 Å². The Hall–Kier alpha value is -2.28. The van der Waals surface area contributed by atoms with Crippen LogP contribution in [0.1, 0.15) is 43.6 Å². The Labute approximate surface area is 132 Å². The van der Waals surface area contributed by atoms with Crippen molar-refractivity contribution < 1.29 is 0 Å². The third-order valence-corrected chi connectivity index (χ3v) is 4.43. The number of rotatable bonds is 4. The van der Waals surface area contributed by atoms with Gasteiger partial charge in [-0.15, -0.1) is 11.3 Å². The number of thiazole rings is 1. The lowest BCUT2D eigenvalue weighted by Crippen LogP contribution is -2.13. The Bertz CT molecular complexity index is 765. The summed E-state index contributed by atoms with van der Waals surface area (Å²) in [5, 5.41) is 4.25. The molecule has 0 aliphatic rings. The van der Waals surface area contributed by atoms with Crippen LogP contribution in [0.2, 0.25) is 0 Å². The molecular formula is C15H18N6S. The molecule has 0 saturated heterocycles. The second kappa shape index (κ2) is 5.84. The Kier molecular flexibility index (Phi) is 3.89. The fourth-order valence-corrected chi connectivity index (χ4v) is 3.03. The molecule has 1 unspecified atom stereocenters. The van der Waals surface area contributed by atoms with E-state index in [2.05, 4.69) is 31.3 Å². The van der Waals surface area contributed by atoms with Gasteiger partial charge in [-0.25, -0.2) is 4.98 Å². The third kappa shape index (κ3) is 2.99. The number of nitrogens with two attached hydrogens (primary N) is 1. The van der Waals surface area contributed by atoms with E-state index in [4.69, 9.17) is 5.73 Å². The highest BCUT2D eigenvalue weighted by molar-refractivity contribution is 7.18. The molecule has 0 spiro atoms. The number of hydrogen-bond acceptors (Lipinski definition) is 7. The Morgan fingerprint density at radius 2 is 1.82 bits per heavy atom. The maximum Gasteiger partial charge on any atom is 0.228 e. The largest absolute Gasteiger partial charge is 0.368 e. The highest BCUT2D eigenvalue weighted by Gasteiger charge is 2.14. The van der Waals surface area contributed by atoms with Gasteiger partial charge in [-0.1, -0.05) is 26.0 Å². The van der Waals surface area contributed by atoms with Crippen LogP contribution in [-0.2, 0) is 0 Å². The zero-order valence-corrected chi connectivity index (χ0v) is 13.6. The van der Waals surface area contributed by atoms with Crippen molar-refractivity contribution in [2.45, 2.75) is 32.7 Å². The summed E-state index contributed by atoms with van der Waals surface area (Å²) >= 11 is 1.66. The first-order valence-corrected chi connectivity index (χ1v) is 7.98. The van der Waals surface area contributed by atoms with Gasteiger partial charge in [0.05, 0.1) is 16.3 Å². The van der Waals surface area contributed by atoms with Crippen LogP contribution in [0.3, 0.4) is 0 Å². The molecular weight excluding hydrogens is 296 g/mol. The molecule has 1 aromatic carbocycles. The van der Waals surface area contributed by atoms with Gasteiger partial charge in [-0.2, -0.15) is 15.0 Å². The summed E-state index contributed by atoms with van der Waals surface area (Å²) in [7, 11) is 0. The smallest absolute Gasteiger partial charge is 0.228 e. The number of aromatic nitrogens is 4. The molecule has 0 saturated carbocycles. The fourth-order valence-electron chi connectivity index (χ4n) is 2.06. The van der Waals surface area contributed by atoms with Crippen molar-refractivity contribution in [2.24, 2.45) is 0 Å². The van der Waals surface area contributed by atoms with E-state index in [1.807, 2.05) is 39.0 Å². The summed E-state index contributed by atoms with van der Waals surface area (Å²) in [5.74, 6) is 1.61. The van der Waals surface area contributed by atoms with Crippen molar-refractivity contribution in [2.75, 3.05) is 11.1 Å². The van der Waals surface area contributed by atoms with Crippen LogP contribution in [0.15, 0.2) is 24.3 Å². The molecule has 0 amide bonds. The Morgan fingerprint density at radius 1 is 1.05 bits per heavy atom. The zero-order valence-electron chi connectivity index (χ0n) is 12.7. The van der Waals surface area contributed by atoms with Crippen LogP contribution in [0, 0.1) is 0 Å². The molecule has 2 heterocycles. The first-order valence-electron chi connectivity index (χ1n) is 7.16. The molecule has 3 rings (SSSR count). The maximum atomic E-state index is 5.76. The number of nitrogen functional groups attached to an aromatic ring is 1. The summed E-state index contributed by atoms with van der Waals surface area (Å²) in [4.78, 5) is 17.4. The highest BCUT2D eigenvalue weighted by atomic mass is 32.1.